The van der Waals surface area contributed by atoms with Gasteiger partial charge in [-0.15, -0.1) is 0 Å². The summed E-state index contributed by atoms with van der Waals surface area (Å²) in [5, 5.41) is 14.4. The van der Waals surface area contributed by atoms with Gasteiger partial charge in [0.2, 0.25) is 11.9 Å². The average Bonchev–Trinajstić information content (AvgIpc) is 3.28. The number of hydrogen-bond acceptors (Lipinski definition) is 6. The third-order valence-electron chi connectivity index (χ3n) is 4.89. The fraction of sp³-hybridized carbons (Fsp3) is 0.250. The number of nitrogens with zero attached hydrogens (tertiary/aromatic N) is 6. The molecule has 0 bridgehead atoms. The molecule has 9 nitrogen and oxygen atoms in total. The standard InChI is InChI=1S/C20H20FN7O2/c21-17-9-5-4-8-16(17)19(30)22-14-18(29)26-10-12-27(13-11-26)20-23-24-25-28(20)15-6-2-1-3-7-15/h1-9H,10-14H2,(H,22,30). The molecule has 2 heterocycles. The van der Waals surface area contributed by atoms with E-state index in [2.05, 4.69) is 20.8 Å². The van der Waals surface area contributed by atoms with E-state index < -0.39 is 11.7 Å². The van der Waals surface area contributed by atoms with Crippen LogP contribution in [0.25, 0.3) is 5.69 Å². The second-order valence-electron chi connectivity index (χ2n) is 6.76. The summed E-state index contributed by atoms with van der Waals surface area (Å²) in [5.74, 6) is -0.836. The normalized spacial score (nSPS) is 13.9. The van der Waals surface area contributed by atoms with Crippen molar-refractivity contribution in [2.24, 2.45) is 0 Å². The highest BCUT2D eigenvalue weighted by atomic mass is 19.1. The number of hydrogen-bond donors (Lipinski definition) is 1. The van der Waals surface area contributed by atoms with E-state index in [0.29, 0.717) is 32.1 Å². The molecule has 1 N–H and O–H groups in total. The van der Waals surface area contributed by atoms with Crippen molar-refractivity contribution in [3.63, 3.8) is 0 Å². The summed E-state index contributed by atoms with van der Waals surface area (Å²) < 4.78 is 15.3. The molecule has 0 aliphatic carbocycles. The maximum Gasteiger partial charge on any atom is 0.254 e. The largest absolute Gasteiger partial charge is 0.343 e. The summed E-state index contributed by atoms with van der Waals surface area (Å²) in [5.41, 5.74) is 0.773. The van der Waals surface area contributed by atoms with Gasteiger partial charge in [-0.25, -0.2) is 4.39 Å². The number of nitrogens with one attached hydrogen (secondary N) is 1. The summed E-state index contributed by atoms with van der Waals surface area (Å²) >= 11 is 0. The van der Waals surface area contributed by atoms with Crippen LogP contribution in [0.2, 0.25) is 0 Å². The molecule has 4 rings (SSSR count). The first-order chi connectivity index (χ1) is 14.6. The zero-order chi connectivity index (χ0) is 20.9. The number of benzene rings is 2. The van der Waals surface area contributed by atoms with Crippen LogP contribution in [0.15, 0.2) is 54.6 Å². The van der Waals surface area contributed by atoms with Crippen LogP contribution < -0.4 is 10.2 Å². The smallest absolute Gasteiger partial charge is 0.254 e. The molecule has 10 heteroatoms. The van der Waals surface area contributed by atoms with Gasteiger partial charge in [-0.1, -0.05) is 35.4 Å². The average molecular weight is 409 g/mol. The number of aromatic nitrogens is 4. The Hall–Kier alpha value is -3.82. The fourth-order valence-corrected chi connectivity index (χ4v) is 3.28. The number of amides is 2. The van der Waals surface area contributed by atoms with Crippen molar-refractivity contribution in [3.8, 4) is 5.69 Å². The van der Waals surface area contributed by atoms with Gasteiger partial charge in [0.15, 0.2) is 0 Å². The van der Waals surface area contributed by atoms with Crippen molar-refractivity contribution >= 4 is 17.8 Å². The Balaban J connectivity index is 1.32. The molecule has 1 fully saturated rings. The molecular formula is C20H20FN7O2. The molecule has 0 saturated carbocycles. The van der Waals surface area contributed by atoms with Crippen LogP contribution in [0.1, 0.15) is 10.4 Å². The van der Waals surface area contributed by atoms with Gasteiger partial charge < -0.3 is 15.1 Å². The van der Waals surface area contributed by atoms with Crippen LogP contribution in [0.5, 0.6) is 0 Å². The zero-order valence-corrected chi connectivity index (χ0v) is 16.1. The van der Waals surface area contributed by atoms with Gasteiger partial charge in [-0.05, 0) is 34.7 Å². The first-order valence-electron chi connectivity index (χ1n) is 9.53. The Morgan fingerprint density at radius 2 is 1.67 bits per heavy atom. The Kier molecular flexibility index (Phi) is 5.64. The van der Waals surface area contributed by atoms with Gasteiger partial charge in [0, 0.05) is 26.2 Å². The van der Waals surface area contributed by atoms with Crippen LogP contribution in [0.3, 0.4) is 0 Å². The molecule has 1 aliphatic rings. The van der Waals surface area contributed by atoms with Crippen LogP contribution in [0, 0.1) is 5.82 Å². The van der Waals surface area contributed by atoms with E-state index in [-0.39, 0.29) is 18.0 Å². The van der Waals surface area contributed by atoms with Gasteiger partial charge in [0.05, 0.1) is 17.8 Å². The van der Waals surface area contributed by atoms with E-state index >= 15 is 0 Å². The predicted octanol–water partition coefficient (Wildman–Crippen LogP) is 0.880. The van der Waals surface area contributed by atoms with Gasteiger partial charge >= 0.3 is 0 Å². The number of carbonyl (C=O) groups is 2. The third-order valence-corrected chi connectivity index (χ3v) is 4.89. The fourth-order valence-electron chi connectivity index (χ4n) is 3.28. The topological polar surface area (TPSA) is 96.2 Å². The lowest BCUT2D eigenvalue weighted by molar-refractivity contribution is -0.130. The third kappa shape index (κ3) is 4.12. The van der Waals surface area contributed by atoms with Crippen LogP contribution in [-0.2, 0) is 4.79 Å². The van der Waals surface area contributed by atoms with Crippen molar-refractivity contribution in [2.75, 3.05) is 37.6 Å². The summed E-state index contributed by atoms with van der Waals surface area (Å²) in [6, 6.07) is 15.2. The Bertz CT molecular complexity index is 1030. The van der Waals surface area contributed by atoms with E-state index in [1.807, 2.05) is 35.2 Å². The van der Waals surface area contributed by atoms with Gasteiger partial charge in [-0.3, -0.25) is 9.59 Å². The number of halogens is 1. The quantitative estimate of drug-likeness (QED) is 0.672. The molecule has 3 aromatic rings. The van der Waals surface area contributed by atoms with Gasteiger partial charge in [0.25, 0.3) is 5.91 Å². The molecule has 0 radical (unpaired) electrons. The molecular weight excluding hydrogens is 389 g/mol. The minimum absolute atomic E-state index is 0.0807. The van der Waals surface area contributed by atoms with Crippen molar-refractivity contribution in [3.05, 3.63) is 66.0 Å². The number of rotatable bonds is 5. The van der Waals surface area contributed by atoms with Crippen LogP contribution in [-0.4, -0.2) is 69.6 Å². The molecule has 2 amide bonds. The van der Waals surface area contributed by atoms with Crippen molar-refractivity contribution in [1.29, 1.82) is 0 Å². The first-order valence-corrected chi connectivity index (χ1v) is 9.53. The van der Waals surface area contributed by atoms with Crippen molar-refractivity contribution in [1.82, 2.24) is 30.4 Å². The highest BCUT2D eigenvalue weighted by Gasteiger charge is 2.25. The summed E-state index contributed by atoms with van der Waals surface area (Å²) in [6.07, 6.45) is 0. The van der Waals surface area contributed by atoms with Gasteiger partial charge in [-0.2, -0.15) is 4.68 Å². The molecule has 30 heavy (non-hydrogen) atoms. The number of carbonyl (C=O) groups excluding carboxylic acids is 2. The lowest BCUT2D eigenvalue weighted by Crippen LogP contribution is -2.51. The van der Waals surface area contributed by atoms with Crippen LogP contribution in [0.4, 0.5) is 10.3 Å². The van der Waals surface area contributed by atoms with Gasteiger partial charge in [0.1, 0.15) is 5.82 Å². The van der Waals surface area contributed by atoms with E-state index in [1.165, 1.54) is 18.2 Å². The molecule has 1 aromatic heterocycles. The van der Waals surface area contributed by atoms with Crippen molar-refractivity contribution < 1.29 is 14.0 Å². The van der Waals surface area contributed by atoms with Crippen LogP contribution >= 0.6 is 0 Å². The maximum absolute atomic E-state index is 13.7. The molecule has 0 spiro atoms. The Morgan fingerprint density at radius 3 is 2.40 bits per heavy atom. The predicted molar refractivity (Wildman–Crippen MR) is 107 cm³/mol. The molecule has 1 aliphatic heterocycles. The Labute approximate surface area is 172 Å². The number of piperazine rings is 1. The second-order valence-corrected chi connectivity index (χ2v) is 6.76. The zero-order valence-electron chi connectivity index (χ0n) is 16.1. The highest BCUT2D eigenvalue weighted by Crippen LogP contribution is 2.17. The second kappa shape index (κ2) is 8.68. The highest BCUT2D eigenvalue weighted by molar-refractivity contribution is 5.96. The monoisotopic (exact) mass is 409 g/mol. The van der Waals surface area contributed by atoms with E-state index in [1.54, 1.807) is 15.6 Å². The SMILES string of the molecule is O=C(NCC(=O)N1CCN(c2nnnn2-c2ccccc2)CC1)c1ccccc1F. The van der Waals surface area contributed by atoms with E-state index in [4.69, 9.17) is 0 Å². The molecule has 1 saturated heterocycles. The number of anilines is 1. The molecule has 0 unspecified atom stereocenters. The molecule has 2 aromatic carbocycles. The maximum atomic E-state index is 13.7. The minimum atomic E-state index is -0.618. The summed E-state index contributed by atoms with van der Waals surface area (Å²) in [4.78, 5) is 28.2. The Morgan fingerprint density at radius 1 is 0.967 bits per heavy atom. The van der Waals surface area contributed by atoms with E-state index in [0.717, 1.165) is 5.69 Å². The molecule has 154 valence electrons. The summed E-state index contributed by atoms with van der Waals surface area (Å²) in [6.45, 7) is 1.86. The number of tetrazole rings is 1. The molecule has 0 atom stereocenters. The minimum Gasteiger partial charge on any atom is -0.343 e. The first kappa shape index (κ1) is 19.5. The van der Waals surface area contributed by atoms with Crippen molar-refractivity contribution in [2.45, 2.75) is 0 Å². The number of para-hydroxylation sites is 1. The lowest BCUT2D eigenvalue weighted by atomic mass is 10.2. The van der Waals surface area contributed by atoms with E-state index in [9.17, 15) is 14.0 Å². The summed E-state index contributed by atoms with van der Waals surface area (Å²) in [7, 11) is 0. The lowest BCUT2D eigenvalue weighted by Gasteiger charge is -2.34.